The zero-order chi connectivity index (χ0) is 13.1. The van der Waals surface area contributed by atoms with Crippen molar-refractivity contribution in [3.05, 3.63) is 35.4 Å². The Balaban J connectivity index is 2.20. The van der Waals surface area contributed by atoms with E-state index in [9.17, 15) is 9.90 Å². The van der Waals surface area contributed by atoms with Gasteiger partial charge in [-0.15, -0.1) is 0 Å². The van der Waals surface area contributed by atoms with Crippen LogP contribution in [0.2, 0.25) is 0 Å². The quantitative estimate of drug-likeness (QED) is 0.891. The first-order valence-electron chi connectivity index (χ1n) is 6.62. The average Bonchev–Trinajstić information content (AvgIpc) is 2.39. The second-order valence-corrected chi connectivity index (χ2v) is 5.20. The molecule has 0 spiro atoms. The molecule has 3 heteroatoms. The van der Waals surface area contributed by atoms with Crippen LogP contribution in [0.5, 0.6) is 0 Å². The average molecular weight is 247 g/mol. The number of aliphatic carboxylic acids is 1. The van der Waals surface area contributed by atoms with Crippen molar-refractivity contribution in [1.29, 1.82) is 0 Å². The summed E-state index contributed by atoms with van der Waals surface area (Å²) in [6, 6.07) is 8.44. The van der Waals surface area contributed by atoms with Gasteiger partial charge in [0, 0.05) is 6.54 Å². The lowest BCUT2D eigenvalue weighted by atomic mass is 9.80. The maximum atomic E-state index is 11.4. The first kappa shape index (κ1) is 13.1. The maximum Gasteiger partial charge on any atom is 0.308 e. The minimum Gasteiger partial charge on any atom is -0.481 e. The normalized spacial score (nSPS) is 25.0. The molecule has 3 nitrogen and oxygen atoms in total. The van der Waals surface area contributed by atoms with Crippen LogP contribution in [0.1, 0.15) is 30.4 Å². The molecule has 98 valence electrons. The second-order valence-electron chi connectivity index (χ2n) is 5.20. The van der Waals surface area contributed by atoms with Crippen molar-refractivity contribution in [3.8, 4) is 0 Å². The Bertz CT molecular complexity index is 413. The largest absolute Gasteiger partial charge is 0.481 e. The first-order chi connectivity index (χ1) is 8.61. The van der Waals surface area contributed by atoms with Crippen molar-refractivity contribution in [1.82, 2.24) is 4.90 Å². The molecule has 0 aliphatic carbocycles. The molecular formula is C15H21NO2. The van der Waals surface area contributed by atoms with Crippen LogP contribution in [0, 0.1) is 5.92 Å². The summed E-state index contributed by atoms with van der Waals surface area (Å²) < 4.78 is 0. The number of rotatable bonds is 3. The van der Waals surface area contributed by atoms with Crippen LogP contribution in [0.15, 0.2) is 24.3 Å². The number of piperidine rings is 1. The highest BCUT2D eigenvalue weighted by atomic mass is 16.4. The van der Waals surface area contributed by atoms with Crippen molar-refractivity contribution in [3.63, 3.8) is 0 Å². The number of hydrogen-bond donors (Lipinski definition) is 1. The standard InChI is InChI=1S/C15H21NO2/c1-3-11-4-6-12(7-5-11)13-8-9-16(2)10-14(13)15(17)18/h4-7,13-14H,3,8-10H2,1-2H3,(H,17,18)/t13-,14-/m1/s1. The van der Waals surface area contributed by atoms with E-state index in [1.54, 1.807) is 0 Å². The molecule has 2 atom stereocenters. The van der Waals surface area contributed by atoms with Crippen LogP contribution < -0.4 is 0 Å². The molecule has 0 unspecified atom stereocenters. The van der Waals surface area contributed by atoms with Crippen LogP contribution in [-0.2, 0) is 11.2 Å². The molecule has 1 saturated heterocycles. The van der Waals surface area contributed by atoms with Crippen LogP contribution >= 0.6 is 0 Å². The third-order valence-electron chi connectivity index (χ3n) is 3.95. The van der Waals surface area contributed by atoms with Gasteiger partial charge < -0.3 is 10.0 Å². The molecule has 0 aromatic heterocycles. The van der Waals surface area contributed by atoms with Gasteiger partial charge in [-0.25, -0.2) is 0 Å². The summed E-state index contributed by atoms with van der Waals surface area (Å²) in [5, 5.41) is 9.36. The van der Waals surface area contributed by atoms with Crippen LogP contribution in [0.3, 0.4) is 0 Å². The van der Waals surface area contributed by atoms with E-state index in [0.29, 0.717) is 6.54 Å². The molecule has 18 heavy (non-hydrogen) atoms. The summed E-state index contributed by atoms with van der Waals surface area (Å²) in [6.45, 7) is 3.75. The fourth-order valence-corrected chi connectivity index (χ4v) is 2.76. The topological polar surface area (TPSA) is 40.5 Å². The Kier molecular flexibility index (Phi) is 4.02. The molecule has 1 heterocycles. The molecule has 2 rings (SSSR count). The summed E-state index contributed by atoms with van der Waals surface area (Å²) in [4.78, 5) is 13.5. The monoisotopic (exact) mass is 247 g/mol. The van der Waals surface area contributed by atoms with Crippen molar-refractivity contribution >= 4 is 5.97 Å². The van der Waals surface area contributed by atoms with Crippen molar-refractivity contribution in [2.24, 2.45) is 5.92 Å². The minimum absolute atomic E-state index is 0.157. The summed E-state index contributed by atoms with van der Waals surface area (Å²) in [5.74, 6) is -0.799. The molecule has 1 aliphatic rings. The summed E-state index contributed by atoms with van der Waals surface area (Å²) in [7, 11) is 1.99. The van der Waals surface area contributed by atoms with E-state index < -0.39 is 5.97 Å². The molecule has 0 radical (unpaired) electrons. The zero-order valence-corrected chi connectivity index (χ0v) is 11.1. The van der Waals surface area contributed by atoms with E-state index in [-0.39, 0.29) is 11.8 Å². The minimum atomic E-state index is -0.675. The van der Waals surface area contributed by atoms with Gasteiger partial charge in [0.2, 0.25) is 0 Å². The Labute approximate surface area is 108 Å². The Hall–Kier alpha value is -1.35. The predicted octanol–water partition coefficient (Wildman–Crippen LogP) is 2.37. The zero-order valence-electron chi connectivity index (χ0n) is 11.1. The Morgan fingerprint density at radius 1 is 1.39 bits per heavy atom. The van der Waals surface area contributed by atoms with Gasteiger partial charge in [-0.1, -0.05) is 31.2 Å². The van der Waals surface area contributed by atoms with Crippen LogP contribution in [0.25, 0.3) is 0 Å². The molecule has 1 aliphatic heterocycles. The number of carbonyl (C=O) groups is 1. The van der Waals surface area contributed by atoms with Gasteiger partial charge in [-0.3, -0.25) is 4.79 Å². The number of carboxylic acids is 1. The van der Waals surface area contributed by atoms with E-state index in [4.69, 9.17) is 0 Å². The molecule has 1 fully saturated rings. The Morgan fingerprint density at radius 2 is 2.06 bits per heavy atom. The van der Waals surface area contributed by atoms with Crippen LogP contribution in [0.4, 0.5) is 0 Å². The molecule has 1 aromatic carbocycles. The number of hydrogen-bond acceptors (Lipinski definition) is 2. The van der Waals surface area contributed by atoms with E-state index in [0.717, 1.165) is 19.4 Å². The molecule has 1 aromatic rings. The molecular weight excluding hydrogens is 226 g/mol. The number of carboxylic acid groups (broad SMARTS) is 1. The highest BCUT2D eigenvalue weighted by molar-refractivity contribution is 5.72. The highest BCUT2D eigenvalue weighted by Crippen LogP contribution is 2.32. The van der Waals surface area contributed by atoms with Crippen molar-refractivity contribution in [2.45, 2.75) is 25.7 Å². The van der Waals surface area contributed by atoms with Crippen molar-refractivity contribution < 1.29 is 9.90 Å². The second kappa shape index (κ2) is 5.53. The molecule has 0 bridgehead atoms. The van der Waals surface area contributed by atoms with Crippen molar-refractivity contribution in [2.75, 3.05) is 20.1 Å². The van der Waals surface area contributed by atoms with E-state index >= 15 is 0 Å². The smallest absolute Gasteiger partial charge is 0.308 e. The van der Waals surface area contributed by atoms with E-state index in [1.807, 2.05) is 7.05 Å². The lowest BCUT2D eigenvalue weighted by Gasteiger charge is -2.34. The summed E-state index contributed by atoms with van der Waals surface area (Å²) >= 11 is 0. The summed E-state index contributed by atoms with van der Waals surface area (Å²) in [5.41, 5.74) is 2.48. The summed E-state index contributed by atoms with van der Waals surface area (Å²) in [6.07, 6.45) is 1.95. The SMILES string of the molecule is CCc1ccc([C@H]2CCN(C)C[C@H]2C(=O)O)cc1. The van der Waals surface area contributed by atoms with Gasteiger partial charge >= 0.3 is 5.97 Å². The fourth-order valence-electron chi connectivity index (χ4n) is 2.76. The van der Waals surface area contributed by atoms with Gasteiger partial charge in [0.25, 0.3) is 0 Å². The third-order valence-corrected chi connectivity index (χ3v) is 3.95. The highest BCUT2D eigenvalue weighted by Gasteiger charge is 2.33. The Morgan fingerprint density at radius 3 is 2.61 bits per heavy atom. The number of nitrogens with zero attached hydrogens (tertiary/aromatic N) is 1. The number of aryl methyl sites for hydroxylation is 1. The molecule has 0 amide bonds. The number of benzene rings is 1. The fraction of sp³-hybridized carbons (Fsp3) is 0.533. The lowest BCUT2D eigenvalue weighted by Crippen LogP contribution is -2.40. The van der Waals surface area contributed by atoms with E-state index in [1.165, 1.54) is 11.1 Å². The molecule has 1 N–H and O–H groups in total. The van der Waals surface area contributed by atoms with Gasteiger partial charge in [-0.05, 0) is 43.5 Å². The van der Waals surface area contributed by atoms with Crippen LogP contribution in [-0.4, -0.2) is 36.1 Å². The number of likely N-dealkylation sites (tertiary alicyclic amines) is 1. The third kappa shape index (κ3) is 2.72. The van der Waals surface area contributed by atoms with Gasteiger partial charge in [0.1, 0.15) is 0 Å². The predicted molar refractivity (Wildman–Crippen MR) is 71.8 cm³/mol. The first-order valence-corrected chi connectivity index (χ1v) is 6.62. The lowest BCUT2D eigenvalue weighted by molar-refractivity contribution is -0.144. The van der Waals surface area contributed by atoms with Gasteiger partial charge in [0.15, 0.2) is 0 Å². The van der Waals surface area contributed by atoms with E-state index in [2.05, 4.69) is 36.1 Å². The maximum absolute atomic E-state index is 11.4. The van der Waals surface area contributed by atoms with Gasteiger partial charge in [-0.2, -0.15) is 0 Å². The van der Waals surface area contributed by atoms with Gasteiger partial charge in [0.05, 0.1) is 5.92 Å². The molecule has 0 saturated carbocycles.